The number of Topliss-reactive ketones (excluding diaryl/α,β-unsaturated/α-hetero) is 1. The summed E-state index contributed by atoms with van der Waals surface area (Å²) in [7, 11) is 0. The van der Waals surface area contributed by atoms with Crippen molar-refractivity contribution in [3.8, 4) is 0 Å². The highest BCUT2D eigenvalue weighted by Gasteiger charge is 2.26. The van der Waals surface area contributed by atoms with Crippen molar-refractivity contribution >= 4 is 34.7 Å². The topological polar surface area (TPSA) is 72.5 Å². The molecule has 1 unspecified atom stereocenters. The fourth-order valence-electron chi connectivity index (χ4n) is 3.08. The summed E-state index contributed by atoms with van der Waals surface area (Å²) < 4.78 is 5.53. The van der Waals surface area contributed by atoms with Crippen LogP contribution in [0.1, 0.15) is 50.2 Å². The Kier molecular flexibility index (Phi) is 7.36. The van der Waals surface area contributed by atoms with E-state index in [1.165, 1.54) is 11.3 Å². The Bertz CT molecular complexity index is 1090. The summed E-state index contributed by atoms with van der Waals surface area (Å²) in [5, 5.41) is 2.87. The van der Waals surface area contributed by atoms with Crippen LogP contribution in [-0.4, -0.2) is 17.7 Å². The Hall–Kier alpha value is -3.25. The van der Waals surface area contributed by atoms with E-state index < -0.39 is 18.0 Å². The van der Waals surface area contributed by atoms with Gasteiger partial charge < -0.3 is 10.1 Å². The maximum Gasteiger partial charge on any atom is 0.307 e. The third-order valence-corrected chi connectivity index (χ3v) is 5.85. The van der Waals surface area contributed by atoms with E-state index in [0.717, 1.165) is 16.0 Å². The maximum absolute atomic E-state index is 13.0. The molecule has 0 saturated heterocycles. The first-order chi connectivity index (χ1) is 14.8. The third kappa shape index (κ3) is 6.12. The molecule has 1 aromatic heterocycles. The van der Waals surface area contributed by atoms with E-state index in [-0.39, 0.29) is 18.6 Å². The van der Waals surface area contributed by atoms with Crippen molar-refractivity contribution in [2.24, 2.45) is 0 Å². The van der Waals surface area contributed by atoms with E-state index >= 15 is 0 Å². The lowest BCUT2D eigenvalue weighted by molar-refractivity contribution is -0.154. The highest BCUT2D eigenvalue weighted by molar-refractivity contribution is 7.14. The molecule has 31 heavy (non-hydrogen) atoms. The second-order valence-corrected chi connectivity index (χ2v) is 8.71. The third-order valence-electron chi connectivity index (χ3n) is 4.81. The summed E-state index contributed by atoms with van der Waals surface area (Å²) in [5.74, 6) is -1.13. The molecule has 5 nitrogen and oxygen atoms in total. The van der Waals surface area contributed by atoms with Crippen LogP contribution in [0.15, 0.2) is 60.7 Å². The second-order valence-electron chi connectivity index (χ2n) is 7.42. The number of benzene rings is 2. The number of anilines is 1. The van der Waals surface area contributed by atoms with Crippen LogP contribution in [0.2, 0.25) is 0 Å². The first-order valence-corrected chi connectivity index (χ1v) is 10.9. The van der Waals surface area contributed by atoms with Gasteiger partial charge in [0.15, 0.2) is 5.78 Å². The van der Waals surface area contributed by atoms with Crippen LogP contribution in [0.5, 0.6) is 0 Å². The van der Waals surface area contributed by atoms with Gasteiger partial charge in [-0.3, -0.25) is 14.4 Å². The molecule has 0 radical (unpaired) electrons. The number of thiophene rings is 1. The lowest BCUT2D eigenvalue weighted by atomic mass is 10.1. The van der Waals surface area contributed by atoms with Crippen LogP contribution in [0.25, 0.3) is 0 Å². The zero-order valence-corrected chi connectivity index (χ0v) is 18.6. The second kappa shape index (κ2) is 10.2. The molecule has 2 aromatic carbocycles. The van der Waals surface area contributed by atoms with Gasteiger partial charge in [0.25, 0.3) is 5.91 Å². The molecule has 0 aliphatic rings. The van der Waals surface area contributed by atoms with Crippen LogP contribution in [0.4, 0.5) is 5.69 Å². The molecule has 0 bridgehead atoms. The van der Waals surface area contributed by atoms with E-state index in [9.17, 15) is 14.4 Å². The normalized spacial score (nSPS) is 11.6. The van der Waals surface area contributed by atoms with Crippen LogP contribution in [-0.2, 0) is 14.3 Å². The van der Waals surface area contributed by atoms with Gasteiger partial charge in [-0.05, 0) is 50.1 Å². The molecular weight excluding hydrogens is 410 g/mol. The Morgan fingerprint density at radius 1 is 0.935 bits per heavy atom. The predicted molar refractivity (Wildman–Crippen MR) is 122 cm³/mol. The number of aryl methyl sites for hydroxylation is 3. The van der Waals surface area contributed by atoms with Gasteiger partial charge in [0.1, 0.15) is 0 Å². The van der Waals surface area contributed by atoms with Gasteiger partial charge in [-0.15, -0.1) is 11.3 Å². The first kappa shape index (κ1) is 22.4. The summed E-state index contributed by atoms with van der Waals surface area (Å²) in [5.41, 5.74) is 3.16. The fourth-order valence-corrected chi connectivity index (χ4v) is 3.92. The average Bonchev–Trinajstić information content (AvgIpc) is 3.20. The monoisotopic (exact) mass is 435 g/mol. The van der Waals surface area contributed by atoms with Gasteiger partial charge in [-0.1, -0.05) is 42.5 Å². The molecule has 1 N–H and O–H groups in total. The minimum atomic E-state index is -1.10. The number of carbonyl (C=O) groups is 3. The van der Waals surface area contributed by atoms with Crippen molar-refractivity contribution in [3.63, 3.8) is 0 Å². The Morgan fingerprint density at radius 3 is 2.35 bits per heavy atom. The van der Waals surface area contributed by atoms with E-state index in [1.54, 1.807) is 30.3 Å². The van der Waals surface area contributed by atoms with E-state index in [4.69, 9.17) is 4.74 Å². The summed E-state index contributed by atoms with van der Waals surface area (Å²) in [6, 6.07) is 18.3. The molecule has 160 valence electrons. The standard InChI is InChI=1S/C25H25NO4S/c1-16-9-10-17(2)20(15-16)26-25(29)24(19-7-5-4-6-8-19)30-23(28)14-12-21(27)22-13-11-18(3)31-22/h4-11,13,15,24H,12,14H2,1-3H3,(H,26,29). The Labute approximate surface area is 186 Å². The Balaban J connectivity index is 1.70. The van der Waals surface area contributed by atoms with Crippen LogP contribution in [0, 0.1) is 20.8 Å². The van der Waals surface area contributed by atoms with Crippen molar-refractivity contribution in [3.05, 3.63) is 87.1 Å². The smallest absolute Gasteiger partial charge is 0.307 e. The molecule has 1 amide bonds. The molecule has 0 aliphatic heterocycles. The van der Waals surface area contributed by atoms with Crippen molar-refractivity contribution in [2.45, 2.75) is 39.7 Å². The first-order valence-electron chi connectivity index (χ1n) is 10.1. The molecule has 1 atom stereocenters. The zero-order chi connectivity index (χ0) is 22.4. The molecule has 0 spiro atoms. The molecule has 6 heteroatoms. The molecule has 0 saturated carbocycles. The van der Waals surface area contributed by atoms with Gasteiger partial charge in [0.05, 0.1) is 11.3 Å². The van der Waals surface area contributed by atoms with Crippen LogP contribution in [0.3, 0.4) is 0 Å². The molecule has 0 fully saturated rings. The number of carbonyl (C=O) groups excluding carboxylic acids is 3. The largest absolute Gasteiger partial charge is 0.447 e. The number of hydrogen-bond donors (Lipinski definition) is 1. The van der Waals surface area contributed by atoms with Gasteiger partial charge in [0.2, 0.25) is 6.10 Å². The van der Waals surface area contributed by atoms with Crippen molar-refractivity contribution < 1.29 is 19.1 Å². The number of rotatable bonds is 8. The lowest BCUT2D eigenvalue weighted by Crippen LogP contribution is -2.26. The van der Waals surface area contributed by atoms with E-state index in [0.29, 0.717) is 16.1 Å². The predicted octanol–water partition coefficient (Wildman–Crippen LogP) is 5.56. The summed E-state index contributed by atoms with van der Waals surface area (Å²) in [6.07, 6.45) is -1.15. The number of nitrogens with one attached hydrogen (secondary N) is 1. The molecule has 3 rings (SSSR count). The zero-order valence-electron chi connectivity index (χ0n) is 17.8. The molecular formula is C25H25NO4S. The van der Waals surface area contributed by atoms with Gasteiger partial charge in [-0.25, -0.2) is 0 Å². The number of amides is 1. The van der Waals surface area contributed by atoms with Crippen LogP contribution >= 0.6 is 11.3 Å². The lowest BCUT2D eigenvalue weighted by Gasteiger charge is -2.19. The van der Waals surface area contributed by atoms with Gasteiger partial charge in [-0.2, -0.15) is 0 Å². The van der Waals surface area contributed by atoms with Crippen molar-refractivity contribution in [1.29, 1.82) is 0 Å². The molecule has 0 aliphatic carbocycles. The molecule has 3 aromatic rings. The Morgan fingerprint density at radius 2 is 1.68 bits per heavy atom. The van der Waals surface area contributed by atoms with Crippen molar-refractivity contribution in [2.75, 3.05) is 5.32 Å². The number of esters is 1. The number of ketones is 1. The van der Waals surface area contributed by atoms with Gasteiger partial charge in [0, 0.05) is 22.5 Å². The minimum absolute atomic E-state index is 0.0406. The molecule has 1 heterocycles. The summed E-state index contributed by atoms with van der Waals surface area (Å²) in [6.45, 7) is 5.76. The highest BCUT2D eigenvalue weighted by atomic mass is 32.1. The quantitative estimate of drug-likeness (QED) is 0.371. The number of ether oxygens (including phenoxy) is 1. The van der Waals surface area contributed by atoms with Crippen LogP contribution < -0.4 is 5.32 Å². The maximum atomic E-state index is 13.0. The van der Waals surface area contributed by atoms with Gasteiger partial charge >= 0.3 is 5.97 Å². The summed E-state index contributed by atoms with van der Waals surface area (Å²) in [4.78, 5) is 39.5. The van der Waals surface area contributed by atoms with E-state index in [2.05, 4.69) is 5.32 Å². The van der Waals surface area contributed by atoms with E-state index in [1.807, 2.05) is 51.1 Å². The summed E-state index contributed by atoms with van der Waals surface area (Å²) >= 11 is 1.40. The highest BCUT2D eigenvalue weighted by Crippen LogP contribution is 2.24. The average molecular weight is 436 g/mol. The SMILES string of the molecule is Cc1ccc(C)c(NC(=O)C(OC(=O)CCC(=O)c2ccc(C)s2)c2ccccc2)c1. The minimum Gasteiger partial charge on any atom is -0.447 e. The number of hydrogen-bond acceptors (Lipinski definition) is 5. The van der Waals surface area contributed by atoms with Crippen molar-refractivity contribution in [1.82, 2.24) is 0 Å². The fraction of sp³-hybridized carbons (Fsp3) is 0.240.